The van der Waals surface area contributed by atoms with Crippen molar-refractivity contribution >= 4 is 23.5 Å². The highest BCUT2D eigenvalue weighted by Gasteiger charge is 2.04. The van der Waals surface area contributed by atoms with E-state index < -0.39 is 0 Å². The molecule has 0 nitrogen and oxygen atoms in total. The van der Waals surface area contributed by atoms with Crippen molar-refractivity contribution in [2.24, 2.45) is 0 Å². The molecule has 0 amide bonds. The van der Waals surface area contributed by atoms with Crippen molar-refractivity contribution in [3.8, 4) is 0 Å². The lowest BCUT2D eigenvalue weighted by Crippen LogP contribution is -1.90. The first-order valence-electron chi connectivity index (χ1n) is 3.71. The summed E-state index contributed by atoms with van der Waals surface area (Å²) in [5.41, 5.74) is 0. The van der Waals surface area contributed by atoms with Gasteiger partial charge in [0.2, 0.25) is 0 Å². The molecule has 61 valence electrons. The summed E-state index contributed by atoms with van der Waals surface area (Å²) in [6, 6.07) is 0. The standard InChI is InChI=1S/C9H13S2/c1-8(10-2)11-9-6-4-3-5-7-9/h3-6,8H,7H2,1-2H3. The van der Waals surface area contributed by atoms with Crippen molar-refractivity contribution in [2.75, 3.05) is 6.26 Å². The number of rotatable bonds is 3. The number of thioether (sulfide) groups is 2. The molecule has 11 heavy (non-hydrogen) atoms. The number of hydrogen-bond acceptors (Lipinski definition) is 2. The molecule has 0 saturated carbocycles. The Morgan fingerprint density at radius 1 is 1.55 bits per heavy atom. The number of hydrogen-bond donors (Lipinski definition) is 0. The highest BCUT2D eigenvalue weighted by Crippen LogP contribution is 2.31. The molecule has 0 fully saturated rings. The van der Waals surface area contributed by atoms with Gasteiger partial charge in [-0.25, -0.2) is 0 Å². The molecule has 0 heterocycles. The molecule has 1 atom stereocenters. The van der Waals surface area contributed by atoms with E-state index in [1.807, 2.05) is 23.5 Å². The van der Waals surface area contributed by atoms with Crippen molar-refractivity contribution in [1.82, 2.24) is 0 Å². The molecule has 1 aliphatic rings. The van der Waals surface area contributed by atoms with E-state index in [1.165, 1.54) is 4.91 Å². The van der Waals surface area contributed by atoms with E-state index >= 15 is 0 Å². The summed E-state index contributed by atoms with van der Waals surface area (Å²) in [7, 11) is 0. The molecule has 1 radical (unpaired) electrons. The maximum atomic E-state index is 2.24. The molecular weight excluding hydrogens is 172 g/mol. The van der Waals surface area contributed by atoms with Crippen LogP contribution in [0.1, 0.15) is 13.3 Å². The maximum absolute atomic E-state index is 2.24. The molecule has 0 aromatic carbocycles. The van der Waals surface area contributed by atoms with Crippen LogP contribution in [-0.2, 0) is 0 Å². The Kier molecular flexibility index (Phi) is 4.16. The fraction of sp³-hybridized carbons (Fsp3) is 0.444. The zero-order valence-corrected chi connectivity index (χ0v) is 8.54. The predicted octanol–water partition coefficient (Wildman–Crippen LogP) is 3.48. The lowest BCUT2D eigenvalue weighted by atomic mass is 10.2. The zero-order valence-electron chi connectivity index (χ0n) is 6.91. The van der Waals surface area contributed by atoms with Gasteiger partial charge in [0, 0.05) is 6.42 Å². The van der Waals surface area contributed by atoms with Crippen molar-refractivity contribution in [2.45, 2.75) is 17.9 Å². The Hall–Kier alpha value is 0.180. The van der Waals surface area contributed by atoms with Gasteiger partial charge in [0.1, 0.15) is 0 Å². The minimum Gasteiger partial charge on any atom is -0.151 e. The van der Waals surface area contributed by atoms with E-state index in [1.54, 1.807) is 0 Å². The van der Waals surface area contributed by atoms with Crippen LogP contribution in [0.2, 0.25) is 0 Å². The van der Waals surface area contributed by atoms with Crippen molar-refractivity contribution < 1.29 is 0 Å². The monoisotopic (exact) mass is 185 g/mol. The quantitative estimate of drug-likeness (QED) is 0.617. The fourth-order valence-corrected chi connectivity index (χ4v) is 2.37. The average molecular weight is 185 g/mol. The molecule has 0 bridgehead atoms. The van der Waals surface area contributed by atoms with Gasteiger partial charge in [0.15, 0.2) is 0 Å². The van der Waals surface area contributed by atoms with Crippen LogP contribution in [0.25, 0.3) is 0 Å². The predicted molar refractivity (Wildman–Crippen MR) is 56.7 cm³/mol. The van der Waals surface area contributed by atoms with E-state index in [0.29, 0.717) is 4.58 Å². The summed E-state index contributed by atoms with van der Waals surface area (Å²) in [6.07, 6.45) is 11.9. The van der Waals surface area contributed by atoms with Crippen LogP contribution in [0, 0.1) is 6.42 Å². The second kappa shape index (κ2) is 4.94. The van der Waals surface area contributed by atoms with E-state index in [-0.39, 0.29) is 0 Å². The van der Waals surface area contributed by atoms with E-state index in [2.05, 4.69) is 37.8 Å². The van der Waals surface area contributed by atoms with Gasteiger partial charge in [-0.3, -0.25) is 0 Å². The lowest BCUT2D eigenvalue weighted by Gasteiger charge is -2.11. The highest BCUT2D eigenvalue weighted by molar-refractivity contribution is 8.18. The second-order valence-corrected chi connectivity index (χ2v) is 5.32. The van der Waals surface area contributed by atoms with E-state index in [0.717, 1.165) is 6.42 Å². The van der Waals surface area contributed by atoms with Crippen LogP contribution >= 0.6 is 23.5 Å². The van der Waals surface area contributed by atoms with Gasteiger partial charge in [0.05, 0.1) is 4.58 Å². The van der Waals surface area contributed by atoms with E-state index in [4.69, 9.17) is 0 Å². The second-order valence-electron chi connectivity index (χ2n) is 2.38. The Balaban J connectivity index is 2.31. The largest absolute Gasteiger partial charge is 0.151 e. The summed E-state index contributed by atoms with van der Waals surface area (Å²) in [5, 5.41) is 0. The van der Waals surface area contributed by atoms with Crippen molar-refractivity contribution in [3.63, 3.8) is 0 Å². The Morgan fingerprint density at radius 3 is 2.91 bits per heavy atom. The topological polar surface area (TPSA) is 0 Å². The molecule has 0 aromatic heterocycles. The zero-order chi connectivity index (χ0) is 8.10. The maximum Gasteiger partial charge on any atom is 0.0515 e. The lowest BCUT2D eigenvalue weighted by molar-refractivity contribution is 1.30. The third-order valence-electron chi connectivity index (χ3n) is 1.50. The van der Waals surface area contributed by atoms with Crippen LogP contribution in [0.4, 0.5) is 0 Å². The minimum atomic E-state index is 0.682. The minimum absolute atomic E-state index is 0.682. The van der Waals surface area contributed by atoms with Gasteiger partial charge >= 0.3 is 0 Å². The van der Waals surface area contributed by atoms with Crippen LogP contribution in [-0.4, -0.2) is 10.8 Å². The smallest absolute Gasteiger partial charge is 0.0515 e. The molecule has 0 aliphatic heterocycles. The SMILES string of the molecule is CSC(C)SC1=C[CH]C=CC1. The van der Waals surface area contributed by atoms with Gasteiger partial charge in [-0.05, 0) is 24.5 Å². The van der Waals surface area contributed by atoms with Crippen LogP contribution in [0.5, 0.6) is 0 Å². The Bertz CT molecular complexity index is 170. The average Bonchev–Trinajstić information content (AvgIpc) is 2.06. The fourth-order valence-electron chi connectivity index (χ4n) is 0.842. The molecule has 1 unspecified atom stereocenters. The van der Waals surface area contributed by atoms with Crippen LogP contribution < -0.4 is 0 Å². The molecular formula is C9H13S2. The van der Waals surface area contributed by atoms with Crippen molar-refractivity contribution in [3.05, 3.63) is 29.6 Å². The third-order valence-corrected chi connectivity index (χ3v) is 3.96. The van der Waals surface area contributed by atoms with Gasteiger partial charge < -0.3 is 0 Å². The van der Waals surface area contributed by atoms with Gasteiger partial charge in [-0.1, -0.05) is 18.2 Å². The van der Waals surface area contributed by atoms with E-state index in [9.17, 15) is 0 Å². The molecule has 1 aliphatic carbocycles. The third kappa shape index (κ3) is 3.39. The van der Waals surface area contributed by atoms with Gasteiger partial charge in [-0.15, -0.1) is 11.8 Å². The molecule has 1 rings (SSSR count). The van der Waals surface area contributed by atoms with Crippen LogP contribution in [0.3, 0.4) is 0 Å². The molecule has 0 aromatic rings. The summed E-state index contributed by atoms with van der Waals surface area (Å²) in [6.45, 7) is 2.24. The Morgan fingerprint density at radius 2 is 2.36 bits per heavy atom. The Labute approximate surface area is 77.5 Å². The summed E-state index contributed by atoms with van der Waals surface area (Å²) in [4.78, 5) is 1.48. The molecule has 0 spiro atoms. The first-order valence-corrected chi connectivity index (χ1v) is 5.88. The van der Waals surface area contributed by atoms with Crippen LogP contribution in [0.15, 0.2) is 23.1 Å². The summed E-state index contributed by atoms with van der Waals surface area (Å²) < 4.78 is 0.682. The summed E-state index contributed by atoms with van der Waals surface area (Å²) >= 11 is 3.86. The molecule has 0 saturated heterocycles. The first-order chi connectivity index (χ1) is 5.33. The van der Waals surface area contributed by atoms with Gasteiger partial charge in [-0.2, -0.15) is 11.8 Å². The highest BCUT2D eigenvalue weighted by atomic mass is 32.2. The number of allylic oxidation sites excluding steroid dienone is 4. The van der Waals surface area contributed by atoms with Gasteiger partial charge in [0.25, 0.3) is 0 Å². The molecule has 2 heteroatoms. The first kappa shape index (κ1) is 9.27. The normalized spacial score (nSPS) is 19.6. The van der Waals surface area contributed by atoms with Crippen molar-refractivity contribution in [1.29, 1.82) is 0 Å². The summed E-state index contributed by atoms with van der Waals surface area (Å²) in [5.74, 6) is 0. The molecule has 0 N–H and O–H groups in total.